The van der Waals surface area contributed by atoms with Crippen molar-refractivity contribution in [2.75, 3.05) is 14.7 Å². The molecule has 0 aliphatic carbocycles. The second kappa shape index (κ2) is 16.6. The third-order valence-corrected chi connectivity index (χ3v) is 14.1. The highest BCUT2D eigenvalue weighted by Crippen LogP contribution is 2.60. The Labute approximate surface area is 411 Å². The van der Waals surface area contributed by atoms with Crippen LogP contribution in [-0.4, -0.2) is 4.57 Å². The van der Waals surface area contributed by atoms with Crippen molar-refractivity contribution in [1.82, 2.24) is 4.57 Å². The van der Waals surface area contributed by atoms with Crippen LogP contribution in [0.5, 0.6) is 0 Å². The normalized spacial score (nSPS) is 12.2. The van der Waals surface area contributed by atoms with Gasteiger partial charge in [-0.2, -0.15) is 0 Å². The molecular formula is C66H44N4O. The minimum Gasteiger partial charge on any atom is -0.456 e. The van der Waals surface area contributed by atoms with Gasteiger partial charge in [0, 0.05) is 44.8 Å². The summed E-state index contributed by atoms with van der Waals surface area (Å²) in [6.45, 7) is 0. The van der Waals surface area contributed by atoms with Crippen molar-refractivity contribution >= 4 is 94.9 Å². The number of rotatable bonds is 8. The van der Waals surface area contributed by atoms with E-state index >= 15 is 0 Å². The summed E-state index contributed by atoms with van der Waals surface area (Å²) < 4.78 is 8.91. The van der Waals surface area contributed by atoms with E-state index in [-0.39, 0.29) is 0 Å². The molecule has 0 radical (unpaired) electrons. The Balaban J connectivity index is 0.967. The molecule has 71 heavy (non-hydrogen) atoms. The number of aromatic nitrogens is 1. The molecule has 334 valence electrons. The van der Waals surface area contributed by atoms with Crippen molar-refractivity contribution in [3.8, 4) is 27.9 Å². The SMILES string of the molecule is c1ccc(N2c3c(-c4ccc(N(c5ccc(-c6cccc7ccccc67)cc5)c5cccc6oc7ccccc7c56)cc4)cccc3N(c3ccccc3)c3c2c2ccccc2n3-c2ccccc2)cc1. The first-order chi connectivity index (χ1) is 35.3. The molecule has 0 amide bonds. The Morgan fingerprint density at radius 3 is 1.58 bits per heavy atom. The van der Waals surface area contributed by atoms with E-state index in [1.54, 1.807) is 0 Å². The van der Waals surface area contributed by atoms with Crippen LogP contribution in [0.25, 0.3) is 71.6 Å². The van der Waals surface area contributed by atoms with Crippen LogP contribution in [0.3, 0.4) is 0 Å². The van der Waals surface area contributed by atoms with Gasteiger partial charge >= 0.3 is 0 Å². The van der Waals surface area contributed by atoms with Gasteiger partial charge in [0.2, 0.25) is 0 Å². The Hall–Kier alpha value is -9.58. The number of fused-ring (bicyclic) bond motifs is 8. The molecular weight excluding hydrogens is 865 g/mol. The average molecular weight is 909 g/mol. The molecule has 0 fully saturated rings. The van der Waals surface area contributed by atoms with Gasteiger partial charge in [-0.05, 0) is 118 Å². The lowest BCUT2D eigenvalue weighted by Crippen LogP contribution is -2.25. The molecule has 5 nitrogen and oxygen atoms in total. The van der Waals surface area contributed by atoms with E-state index in [1.165, 1.54) is 21.9 Å². The molecule has 0 saturated heterocycles. The number of nitrogens with zero attached hydrogens (tertiary/aromatic N) is 4. The van der Waals surface area contributed by atoms with Gasteiger partial charge in [-0.3, -0.25) is 9.47 Å². The zero-order valence-corrected chi connectivity index (χ0v) is 38.6. The van der Waals surface area contributed by atoms with Crippen LogP contribution in [0.4, 0.5) is 51.3 Å². The summed E-state index contributed by atoms with van der Waals surface area (Å²) in [5, 5.41) is 5.79. The fourth-order valence-corrected chi connectivity index (χ4v) is 11.0. The van der Waals surface area contributed by atoms with E-state index < -0.39 is 0 Å². The van der Waals surface area contributed by atoms with Crippen LogP contribution in [-0.2, 0) is 0 Å². The van der Waals surface area contributed by atoms with Gasteiger partial charge in [0.25, 0.3) is 0 Å². The predicted molar refractivity (Wildman–Crippen MR) is 297 cm³/mol. The summed E-state index contributed by atoms with van der Waals surface area (Å²) in [6.07, 6.45) is 0. The maximum atomic E-state index is 6.49. The first-order valence-corrected chi connectivity index (χ1v) is 24.2. The molecule has 0 spiro atoms. The number of hydrogen-bond acceptors (Lipinski definition) is 4. The van der Waals surface area contributed by atoms with Gasteiger partial charge in [-0.15, -0.1) is 0 Å². The van der Waals surface area contributed by atoms with Gasteiger partial charge in [-0.25, -0.2) is 0 Å². The summed E-state index contributed by atoms with van der Waals surface area (Å²) in [6, 6.07) is 95.9. The van der Waals surface area contributed by atoms with Crippen molar-refractivity contribution in [3.63, 3.8) is 0 Å². The van der Waals surface area contributed by atoms with Gasteiger partial charge in [-0.1, -0.05) is 176 Å². The molecule has 1 aliphatic heterocycles. The minimum absolute atomic E-state index is 0.852. The lowest BCUT2D eigenvalue weighted by Gasteiger charge is -2.40. The van der Waals surface area contributed by atoms with Crippen LogP contribution in [0, 0.1) is 0 Å². The second-order valence-electron chi connectivity index (χ2n) is 18.1. The maximum Gasteiger partial charge on any atom is 0.148 e. The molecule has 0 bridgehead atoms. The van der Waals surface area contributed by atoms with Crippen LogP contribution >= 0.6 is 0 Å². The van der Waals surface area contributed by atoms with E-state index in [9.17, 15) is 0 Å². The van der Waals surface area contributed by atoms with Crippen molar-refractivity contribution in [2.45, 2.75) is 0 Å². The Bertz CT molecular complexity index is 4100. The molecule has 3 heterocycles. The molecule has 1 aliphatic rings. The van der Waals surface area contributed by atoms with Crippen molar-refractivity contribution < 1.29 is 4.42 Å². The van der Waals surface area contributed by atoms with Gasteiger partial charge in [0.15, 0.2) is 0 Å². The Kier molecular flexibility index (Phi) is 9.46. The molecule has 13 aromatic rings. The van der Waals surface area contributed by atoms with E-state index in [1.807, 2.05) is 6.07 Å². The monoisotopic (exact) mass is 908 g/mol. The largest absolute Gasteiger partial charge is 0.456 e. The molecule has 5 heteroatoms. The van der Waals surface area contributed by atoms with Crippen molar-refractivity contribution in [2.24, 2.45) is 0 Å². The van der Waals surface area contributed by atoms with Crippen molar-refractivity contribution in [3.05, 3.63) is 267 Å². The fraction of sp³-hybridized carbons (Fsp3) is 0. The highest BCUT2D eigenvalue weighted by molar-refractivity contribution is 6.16. The van der Waals surface area contributed by atoms with Gasteiger partial charge < -0.3 is 14.2 Å². The number of anilines is 9. The topological polar surface area (TPSA) is 27.8 Å². The van der Waals surface area contributed by atoms with E-state index in [0.29, 0.717) is 0 Å². The fourth-order valence-electron chi connectivity index (χ4n) is 11.0. The first-order valence-electron chi connectivity index (χ1n) is 24.2. The summed E-state index contributed by atoms with van der Waals surface area (Å²) in [4.78, 5) is 7.32. The Morgan fingerprint density at radius 1 is 0.338 bits per heavy atom. The molecule has 2 aromatic heterocycles. The summed E-state index contributed by atoms with van der Waals surface area (Å²) in [5.74, 6) is 1.08. The van der Waals surface area contributed by atoms with Crippen LogP contribution in [0.2, 0.25) is 0 Å². The van der Waals surface area contributed by atoms with Crippen LogP contribution < -0.4 is 14.7 Å². The minimum atomic E-state index is 0.852. The molecule has 0 saturated carbocycles. The zero-order chi connectivity index (χ0) is 46.8. The number of hydrogen-bond donors (Lipinski definition) is 0. The quantitative estimate of drug-likeness (QED) is 0.152. The van der Waals surface area contributed by atoms with Gasteiger partial charge in [0.05, 0.1) is 33.7 Å². The lowest BCUT2D eigenvalue weighted by atomic mass is 9.96. The predicted octanol–water partition coefficient (Wildman–Crippen LogP) is 18.7. The molecule has 0 atom stereocenters. The summed E-state index contributed by atoms with van der Waals surface area (Å²) in [7, 11) is 0. The standard InChI is InChI=1S/C66H44N4O/c1-4-21-48(22-5-1)68-58-32-14-12-28-56(58)65-66(68)69(49-23-6-2-7-24-49)60-34-17-31-55(64(60)70(65)50-25-8-3-9-26-50)47-39-43-52(44-40-47)67(59-33-18-36-62-63(59)57-29-13-15-35-61(57)71-62)51-41-37-46(38-42-51)54-30-16-20-45-19-10-11-27-53(45)54/h1-44H. The third-order valence-electron chi connectivity index (χ3n) is 14.1. The zero-order valence-electron chi connectivity index (χ0n) is 38.6. The maximum absolute atomic E-state index is 6.49. The number of benzene rings is 11. The highest BCUT2D eigenvalue weighted by Gasteiger charge is 2.38. The summed E-state index contributed by atoms with van der Waals surface area (Å²) >= 11 is 0. The summed E-state index contributed by atoms with van der Waals surface area (Å²) in [5.41, 5.74) is 17.2. The Morgan fingerprint density at radius 2 is 0.859 bits per heavy atom. The lowest BCUT2D eigenvalue weighted by molar-refractivity contribution is 0.669. The van der Waals surface area contributed by atoms with Crippen LogP contribution in [0.15, 0.2) is 271 Å². The van der Waals surface area contributed by atoms with Crippen LogP contribution in [0.1, 0.15) is 0 Å². The van der Waals surface area contributed by atoms with Gasteiger partial charge in [0.1, 0.15) is 17.0 Å². The third kappa shape index (κ3) is 6.55. The molecule has 11 aromatic carbocycles. The number of para-hydroxylation sites is 6. The van der Waals surface area contributed by atoms with Crippen molar-refractivity contribution in [1.29, 1.82) is 0 Å². The molecule has 14 rings (SSSR count). The van der Waals surface area contributed by atoms with E-state index in [0.717, 1.165) is 101 Å². The van der Waals surface area contributed by atoms with E-state index in [2.05, 4.69) is 280 Å². The highest BCUT2D eigenvalue weighted by atomic mass is 16.3. The molecule has 0 N–H and O–H groups in total. The molecule has 0 unspecified atom stereocenters. The van der Waals surface area contributed by atoms with E-state index in [4.69, 9.17) is 4.42 Å². The number of furan rings is 1. The second-order valence-corrected chi connectivity index (χ2v) is 18.1. The average Bonchev–Trinajstić information content (AvgIpc) is 4.00. The first kappa shape index (κ1) is 40.5. The smallest absolute Gasteiger partial charge is 0.148 e.